The average Bonchev–Trinajstić information content (AvgIpc) is 2.86. The van der Waals surface area contributed by atoms with E-state index in [0.29, 0.717) is 0 Å². The fraction of sp³-hybridized carbons (Fsp3) is 0.647. The second-order valence-corrected chi connectivity index (χ2v) is 6.17. The van der Waals surface area contributed by atoms with E-state index in [1.165, 1.54) is 57.1 Å². The van der Waals surface area contributed by atoms with Crippen LogP contribution in [0.3, 0.4) is 0 Å². The molecule has 2 fully saturated rings. The molecule has 18 heavy (non-hydrogen) atoms. The van der Waals surface area contributed by atoms with Crippen LogP contribution in [0.1, 0.15) is 56.4 Å². The van der Waals surface area contributed by atoms with Gasteiger partial charge in [-0.15, -0.1) is 0 Å². The van der Waals surface area contributed by atoms with Crippen molar-refractivity contribution in [2.24, 2.45) is 5.92 Å². The summed E-state index contributed by atoms with van der Waals surface area (Å²) < 4.78 is 0. The van der Waals surface area contributed by atoms with Crippen molar-refractivity contribution in [1.29, 1.82) is 0 Å². The van der Waals surface area contributed by atoms with Gasteiger partial charge in [0, 0.05) is 6.04 Å². The molecule has 0 radical (unpaired) electrons. The first-order valence-corrected chi connectivity index (χ1v) is 7.70. The number of benzene rings is 1. The Hall–Kier alpha value is -0.820. The smallest absolute Gasteiger partial charge is 0.00787 e. The molecule has 1 nitrogen and oxygen atoms in total. The molecule has 0 atom stereocenters. The Morgan fingerprint density at radius 2 is 1.72 bits per heavy atom. The van der Waals surface area contributed by atoms with E-state index < -0.39 is 0 Å². The lowest BCUT2D eigenvalue weighted by Crippen LogP contribution is -2.40. The van der Waals surface area contributed by atoms with E-state index in [2.05, 4.69) is 35.6 Å². The summed E-state index contributed by atoms with van der Waals surface area (Å²) >= 11 is 0. The maximum atomic E-state index is 3.75. The van der Waals surface area contributed by atoms with Crippen LogP contribution in [0.25, 0.3) is 0 Å². The van der Waals surface area contributed by atoms with Crippen LogP contribution >= 0.6 is 0 Å². The summed E-state index contributed by atoms with van der Waals surface area (Å²) in [4.78, 5) is 0. The summed E-state index contributed by atoms with van der Waals surface area (Å²) in [6, 6.07) is 11.8. The zero-order chi connectivity index (χ0) is 12.2. The number of hydrogen-bond acceptors (Lipinski definition) is 1. The molecule has 0 unspecified atom stereocenters. The van der Waals surface area contributed by atoms with Crippen LogP contribution in [-0.4, -0.2) is 12.6 Å². The number of hydrogen-bond donors (Lipinski definition) is 1. The van der Waals surface area contributed by atoms with E-state index in [0.717, 1.165) is 17.9 Å². The van der Waals surface area contributed by atoms with Gasteiger partial charge in [0.05, 0.1) is 0 Å². The first-order chi connectivity index (χ1) is 8.92. The molecule has 0 amide bonds. The molecule has 3 rings (SSSR count). The molecule has 1 aromatic carbocycles. The summed E-state index contributed by atoms with van der Waals surface area (Å²) in [5.41, 5.74) is 1.53. The highest BCUT2D eigenvalue weighted by atomic mass is 14.9. The molecule has 0 saturated heterocycles. The fourth-order valence-corrected chi connectivity index (χ4v) is 3.57. The molecule has 98 valence electrons. The van der Waals surface area contributed by atoms with E-state index >= 15 is 0 Å². The van der Waals surface area contributed by atoms with Gasteiger partial charge in [0.25, 0.3) is 0 Å². The van der Waals surface area contributed by atoms with Gasteiger partial charge in [0.2, 0.25) is 0 Å². The van der Waals surface area contributed by atoms with Crippen molar-refractivity contribution >= 4 is 0 Å². The molecule has 2 aliphatic carbocycles. The first-order valence-electron chi connectivity index (χ1n) is 7.70. The van der Waals surface area contributed by atoms with Gasteiger partial charge in [0.1, 0.15) is 0 Å². The predicted octanol–water partition coefficient (Wildman–Crippen LogP) is 4.10. The molecular weight excluding hydrogens is 218 g/mol. The normalized spacial score (nSPS) is 28.2. The maximum absolute atomic E-state index is 3.75. The zero-order valence-electron chi connectivity index (χ0n) is 11.3. The topological polar surface area (TPSA) is 12.0 Å². The van der Waals surface area contributed by atoms with Gasteiger partial charge in [-0.2, -0.15) is 0 Å². The predicted molar refractivity (Wildman–Crippen MR) is 76.8 cm³/mol. The van der Waals surface area contributed by atoms with E-state index in [1.54, 1.807) is 0 Å². The van der Waals surface area contributed by atoms with Crippen LogP contribution in [-0.2, 0) is 0 Å². The van der Waals surface area contributed by atoms with Gasteiger partial charge in [-0.1, -0.05) is 56.0 Å². The Labute approximate surface area is 111 Å². The molecule has 0 bridgehead atoms. The standard InChI is InChI=1S/C17H25N/c1-2-8-15(9-3-1)16-12-17(13-16)18-11-10-14-6-4-5-7-14/h1-3,8-9,14,16-18H,4-7,10-13H2. The molecule has 2 aliphatic rings. The molecule has 1 N–H and O–H groups in total. The summed E-state index contributed by atoms with van der Waals surface area (Å²) in [6.07, 6.45) is 10.0. The molecule has 0 spiro atoms. The van der Waals surface area contributed by atoms with Gasteiger partial charge in [-0.3, -0.25) is 0 Å². The highest BCUT2D eigenvalue weighted by Crippen LogP contribution is 2.36. The highest BCUT2D eigenvalue weighted by molar-refractivity contribution is 5.22. The van der Waals surface area contributed by atoms with Gasteiger partial charge >= 0.3 is 0 Å². The summed E-state index contributed by atoms with van der Waals surface area (Å²) in [5, 5.41) is 3.75. The second kappa shape index (κ2) is 5.88. The average molecular weight is 243 g/mol. The molecule has 1 heteroatoms. The Morgan fingerprint density at radius 1 is 1.00 bits per heavy atom. The van der Waals surface area contributed by atoms with E-state index in [1.807, 2.05) is 0 Å². The summed E-state index contributed by atoms with van der Waals surface area (Å²) in [6.45, 7) is 1.25. The van der Waals surface area contributed by atoms with Crippen LogP contribution in [0, 0.1) is 5.92 Å². The zero-order valence-corrected chi connectivity index (χ0v) is 11.3. The molecular formula is C17H25N. The van der Waals surface area contributed by atoms with Crippen LogP contribution < -0.4 is 5.32 Å². The largest absolute Gasteiger partial charge is 0.314 e. The lowest BCUT2D eigenvalue weighted by molar-refractivity contribution is 0.283. The minimum absolute atomic E-state index is 0.789. The van der Waals surface area contributed by atoms with E-state index in [4.69, 9.17) is 0 Å². The third kappa shape index (κ3) is 2.95. The van der Waals surface area contributed by atoms with Crippen molar-refractivity contribution in [2.75, 3.05) is 6.54 Å². The van der Waals surface area contributed by atoms with Crippen molar-refractivity contribution in [3.63, 3.8) is 0 Å². The lowest BCUT2D eigenvalue weighted by Gasteiger charge is -2.36. The molecule has 0 aromatic heterocycles. The SMILES string of the molecule is c1ccc(C2CC(NCCC3CCCC3)C2)cc1. The third-order valence-electron chi connectivity index (χ3n) is 4.87. The van der Waals surface area contributed by atoms with Gasteiger partial charge in [-0.25, -0.2) is 0 Å². The minimum atomic E-state index is 0.789. The molecule has 0 heterocycles. The molecule has 2 saturated carbocycles. The van der Waals surface area contributed by atoms with Crippen molar-refractivity contribution < 1.29 is 0 Å². The van der Waals surface area contributed by atoms with Crippen LogP contribution in [0.15, 0.2) is 30.3 Å². The van der Waals surface area contributed by atoms with Gasteiger partial charge in [0.15, 0.2) is 0 Å². The van der Waals surface area contributed by atoms with E-state index in [9.17, 15) is 0 Å². The Kier molecular flexibility index (Phi) is 3.99. The van der Waals surface area contributed by atoms with Crippen molar-refractivity contribution in [3.8, 4) is 0 Å². The van der Waals surface area contributed by atoms with Crippen molar-refractivity contribution in [3.05, 3.63) is 35.9 Å². The maximum Gasteiger partial charge on any atom is 0.00787 e. The first kappa shape index (κ1) is 12.2. The second-order valence-electron chi connectivity index (χ2n) is 6.17. The van der Waals surface area contributed by atoms with Crippen LogP contribution in [0.4, 0.5) is 0 Å². The Morgan fingerprint density at radius 3 is 2.44 bits per heavy atom. The van der Waals surface area contributed by atoms with Crippen LogP contribution in [0.5, 0.6) is 0 Å². The fourth-order valence-electron chi connectivity index (χ4n) is 3.57. The highest BCUT2D eigenvalue weighted by Gasteiger charge is 2.29. The van der Waals surface area contributed by atoms with E-state index in [-0.39, 0.29) is 0 Å². The number of nitrogens with one attached hydrogen (secondary N) is 1. The molecule has 0 aliphatic heterocycles. The minimum Gasteiger partial charge on any atom is -0.314 e. The van der Waals surface area contributed by atoms with Gasteiger partial charge in [-0.05, 0) is 43.2 Å². The quantitative estimate of drug-likeness (QED) is 0.821. The Bertz CT molecular complexity index is 347. The van der Waals surface area contributed by atoms with Crippen molar-refractivity contribution in [2.45, 2.75) is 56.9 Å². The lowest BCUT2D eigenvalue weighted by atomic mass is 9.76. The number of rotatable bonds is 5. The van der Waals surface area contributed by atoms with Crippen LogP contribution in [0.2, 0.25) is 0 Å². The Balaban J connectivity index is 1.33. The van der Waals surface area contributed by atoms with Gasteiger partial charge < -0.3 is 5.32 Å². The third-order valence-corrected chi connectivity index (χ3v) is 4.87. The van der Waals surface area contributed by atoms with Crippen molar-refractivity contribution in [1.82, 2.24) is 5.32 Å². The summed E-state index contributed by atoms with van der Waals surface area (Å²) in [5.74, 6) is 1.85. The monoisotopic (exact) mass is 243 g/mol. The molecule has 1 aromatic rings. The summed E-state index contributed by atoms with van der Waals surface area (Å²) in [7, 11) is 0.